The molecule has 0 saturated heterocycles. The molecule has 0 spiro atoms. The van der Waals surface area contributed by atoms with Gasteiger partial charge in [-0.1, -0.05) is 32.0 Å². The van der Waals surface area contributed by atoms with Gasteiger partial charge >= 0.3 is 0 Å². The molecular weight excluding hydrogens is 298 g/mol. The molecule has 1 heterocycles. The fourth-order valence-electron chi connectivity index (χ4n) is 2.49. The highest BCUT2D eigenvalue weighted by atomic mass is 16.5. The van der Waals surface area contributed by atoms with Gasteiger partial charge in [0.05, 0.1) is 5.69 Å². The topological polar surface area (TPSA) is 23.4 Å². The summed E-state index contributed by atoms with van der Waals surface area (Å²) in [5, 5.41) is 0. The summed E-state index contributed by atoms with van der Waals surface area (Å²) in [7, 11) is 2.01. The lowest BCUT2D eigenvalue weighted by Crippen LogP contribution is -2.01. The first-order chi connectivity index (χ1) is 11.6. The van der Waals surface area contributed by atoms with Gasteiger partial charge in [0.15, 0.2) is 0 Å². The van der Waals surface area contributed by atoms with Crippen molar-refractivity contribution in [3.63, 3.8) is 0 Å². The molecule has 0 fully saturated rings. The van der Waals surface area contributed by atoms with E-state index in [9.17, 15) is 0 Å². The predicted molar refractivity (Wildman–Crippen MR) is 96.8 cm³/mol. The summed E-state index contributed by atoms with van der Waals surface area (Å²) in [5.41, 5.74) is 2.44. The average Bonchev–Trinajstić information content (AvgIpc) is 2.99. The van der Waals surface area contributed by atoms with E-state index in [0.29, 0.717) is 12.5 Å². The maximum atomic E-state index is 5.93. The zero-order valence-electron chi connectivity index (χ0n) is 14.4. The molecule has 0 unspecified atom stereocenters. The van der Waals surface area contributed by atoms with Crippen LogP contribution in [0.25, 0.3) is 0 Å². The number of hydrogen-bond acceptors (Lipinski definition) is 2. The number of benzene rings is 2. The number of nitrogens with zero attached hydrogens (tertiary/aromatic N) is 1. The van der Waals surface area contributed by atoms with Gasteiger partial charge in [-0.2, -0.15) is 0 Å². The molecule has 1 aromatic heterocycles. The Labute approximate surface area is 143 Å². The van der Waals surface area contributed by atoms with E-state index in [1.807, 2.05) is 55.7 Å². The largest absolute Gasteiger partial charge is 0.487 e. The fraction of sp³-hybridized carbons (Fsp3) is 0.238. The number of hydrogen-bond donors (Lipinski definition) is 0. The van der Waals surface area contributed by atoms with Gasteiger partial charge in [0, 0.05) is 19.3 Å². The molecule has 0 bridgehead atoms. The minimum atomic E-state index is 0.522. The van der Waals surface area contributed by atoms with Crippen molar-refractivity contribution in [1.82, 2.24) is 4.57 Å². The SMILES string of the molecule is CC(C)c1ccc(Oc2cccc(OCc3cccn3C)c2)cc1. The molecule has 0 amide bonds. The molecule has 0 atom stereocenters. The van der Waals surface area contributed by atoms with E-state index in [-0.39, 0.29) is 0 Å². The second-order valence-corrected chi connectivity index (χ2v) is 6.20. The Hall–Kier alpha value is -2.68. The summed E-state index contributed by atoms with van der Waals surface area (Å²) < 4.78 is 13.8. The van der Waals surface area contributed by atoms with E-state index in [1.54, 1.807) is 0 Å². The number of aromatic nitrogens is 1. The van der Waals surface area contributed by atoms with Gasteiger partial charge in [0.1, 0.15) is 23.9 Å². The molecule has 0 saturated carbocycles. The summed E-state index contributed by atoms with van der Waals surface area (Å²) in [5.74, 6) is 2.93. The Morgan fingerprint density at radius 1 is 0.875 bits per heavy atom. The van der Waals surface area contributed by atoms with Crippen molar-refractivity contribution in [1.29, 1.82) is 0 Å². The second-order valence-electron chi connectivity index (χ2n) is 6.20. The quantitative estimate of drug-likeness (QED) is 0.597. The third-order valence-corrected chi connectivity index (χ3v) is 4.03. The van der Waals surface area contributed by atoms with Gasteiger partial charge in [-0.25, -0.2) is 0 Å². The van der Waals surface area contributed by atoms with Crippen LogP contribution in [0.2, 0.25) is 0 Å². The second kappa shape index (κ2) is 7.26. The van der Waals surface area contributed by atoms with Crippen molar-refractivity contribution in [3.05, 3.63) is 78.1 Å². The summed E-state index contributed by atoms with van der Waals surface area (Å²) in [6.07, 6.45) is 2.01. The lowest BCUT2D eigenvalue weighted by Gasteiger charge is -2.11. The molecular formula is C21H23NO2. The number of aryl methyl sites for hydroxylation is 1. The molecule has 0 radical (unpaired) electrons. The van der Waals surface area contributed by atoms with Crippen LogP contribution in [0.5, 0.6) is 17.2 Å². The lowest BCUT2D eigenvalue weighted by molar-refractivity contribution is 0.296. The summed E-state index contributed by atoms with van der Waals surface area (Å²) in [6, 6.07) is 20.0. The van der Waals surface area contributed by atoms with E-state index >= 15 is 0 Å². The maximum Gasteiger partial charge on any atom is 0.131 e. The van der Waals surface area contributed by atoms with Crippen molar-refractivity contribution < 1.29 is 9.47 Å². The number of ether oxygens (including phenoxy) is 2. The summed E-state index contributed by atoms with van der Waals surface area (Å²) >= 11 is 0. The van der Waals surface area contributed by atoms with Crippen LogP contribution in [0, 0.1) is 0 Å². The first-order valence-electron chi connectivity index (χ1n) is 8.23. The van der Waals surface area contributed by atoms with Crippen molar-refractivity contribution in [3.8, 4) is 17.2 Å². The number of rotatable bonds is 6. The molecule has 0 aliphatic rings. The zero-order valence-corrected chi connectivity index (χ0v) is 14.4. The van der Waals surface area contributed by atoms with Gasteiger partial charge in [-0.15, -0.1) is 0 Å². The maximum absolute atomic E-state index is 5.93. The van der Waals surface area contributed by atoms with E-state index in [2.05, 4.69) is 36.6 Å². The Morgan fingerprint density at radius 3 is 2.29 bits per heavy atom. The van der Waals surface area contributed by atoms with Crippen LogP contribution in [-0.2, 0) is 13.7 Å². The molecule has 0 aliphatic heterocycles. The van der Waals surface area contributed by atoms with E-state index < -0.39 is 0 Å². The molecule has 24 heavy (non-hydrogen) atoms. The Morgan fingerprint density at radius 2 is 1.62 bits per heavy atom. The predicted octanol–water partition coefficient (Wildman–Crippen LogP) is 5.52. The summed E-state index contributed by atoms with van der Waals surface area (Å²) in [4.78, 5) is 0. The average molecular weight is 321 g/mol. The van der Waals surface area contributed by atoms with Gasteiger partial charge in [0.25, 0.3) is 0 Å². The smallest absolute Gasteiger partial charge is 0.131 e. The third kappa shape index (κ3) is 3.99. The molecule has 2 aromatic carbocycles. The van der Waals surface area contributed by atoms with Crippen LogP contribution in [0.4, 0.5) is 0 Å². The van der Waals surface area contributed by atoms with Gasteiger partial charge in [-0.05, 0) is 47.9 Å². The van der Waals surface area contributed by atoms with Crippen LogP contribution in [0.1, 0.15) is 31.0 Å². The Bertz CT molecular complexity index is 788. The van der Waals surface area contributed by atoms with Crippen LogP contribution >= 0.6 is 0 Å². The molecule has 0 N–H and O–H groups in total. The monoisotopic (exact) mass is 321 g/mol. The molecule has 3 nitrogen and oxygen atoms in total. The van der Waals surface area contributed by atoms with Gasteiger partial charge < -0.3 is 14.0 Å². The van der Waals surface area contributed by atoms with Gasteiger partial charge in [0.2, 0.25) is 0 Å². The van der Waals surface area contributed by atoms with Crippen LogP contribution in [0.15, 0.2) is 66.9 Å². The van der Waals surface area contributed by atoms with Crippen molar-refractivity contribution in [2.75, 3.05) is 0 Å². The van der Waals surface area contributed by atoms with Crippen molar-refractivity contribution in [2.45, 2.75) is 26.4 Å². The Kier molecular flexibility index (Phi) is 4.90. The first-order valence-corrected chi connectivity index (χ1v) is 8.23. The first kappa shape index (κ1) is 16.2. The third-order valence-electron chi connectivity index (χ3n) is 4.03. The van der Waals surface area contributed by atoms with Gasteiger partial charge in [-0.3, -0.25) is 0 Å². The highest BCUT2D eigenvalue weighted by Gasteiger charge is 2.03. The van der Waals surface area contributed by atoms with E-state index in [1.165, 1.54) is 5.56 Å². The van der Waals surface area contributed by atoms with E-state index in [4.69, 9.17) is 9.47 Å². The Balaban J connectivity index is 1.65. The van der Waals surface area contributed by atoms with Crippen LogP contribution < -0.4 is 9.47 Å². The van der Waals surface area contributed by atoms with Crippen LogP contribution in [0.3, 0.4) is 0 Å². The minimum absolute atomic E-state index is 0.522. The van der Waals surface area contributed by atoms with Crippen molar-refractivity contribution >= 4 is 0 Å². The molecule has 3 heteroatoms. The highest BCUT2D eigenvalue weighted by molar-refractivity contribution is 5.38. The van der Waals surface area contributed by atoms with Crippen LogP contribution in [-0.4, -0.2) is 4.57 Å². The molecule has 3 rings (SSSR count). The fourth-order valence-corrected chi connectivity index (χ4v) is 2.49. The molecule has 0 aliphatic carbocycles. The standard InChI is InChI=1S/C21H23NO2/c1-16(2)17-9-11-19(12-10-17)24-21-8-4-7-20(14-21)23-15-18-6-5-13-22(18)3/h4-14,16H,15H2,1-3H3. The minimum Gasteiger partial charge on any atom is -0.487 e. The zero-order chi connectivity index (χ0) is 16.9. The molecule has 3 aromatic rings. The molecule has 124 valence electrons. The normalized spacial score (nSPS) is 10.8. The highest BCUT2D eigenvalue weighted by Crippen LogP contribution is 2.27. The lowest BCUT2D eigenvalue weighted by atomic mass is 10.0. The summed E-state index contributed by atoms with van der Waals surface area (Å²) in [6.45, 7) is 4.91. The van der Waals surface area contributed by atoms with Crippen molar-refractivity contribution in [2.24, 2.45) is 7.05 Å². The van der Waals surface area contributed by atoms with E-state index in [0.717, 1.165) is 22.9 Å².